The van der Waals surface area contributed by atoms with Crippen molar-refractivity contribution in [1.29, 1.82) is 0 Å². The number of hydrogen-bond acceptors (Lipinski definition) is 3. The van der Waals surface area contributed by atoms with Gasteiger partial charge in [-0.3, -0.25) is 4.79 Å². The molecule has 0 aromatic heterocycles. The van der Waals surface area contributed by atoms with Gasteiger partial charge in [0.25, 0.3) is 0 Å². The molecular formula is C10H13NO3. The summed E-state index contributed by atoms with van der Waals surface area (Å²) in [6.07, 6.45) is -0.135. The maximum absolute atomic E-state index is 10.4. The van der Waals surface area contributed by atoms with Gasteiger partial charge in [-0.1, -0.05) is 12.1 Å². The summed E-state index contributed by atoms with van der Waals surface area (Å²) in [6, 6.07) is 4.36. The minimum Gasteiger partial charge on any atom is -0.508 e. The summed E-state index contributed by atoms with van der Waals surface area (Å²) in [5.74, 6) is -0.802. The summed E-state index contributed by atoms with van der Waals surface area (Å²) in [4.78, 5) is 10.4. The lowest BCUT2D eigenvalue weighted by atomic mass is 9.99. The molecule has 76 valence electrons. The lowest BCUT2D eigenvalue weighted by molar-refractivity contribution is -0.137. The van der Waals surface area contributed by atoms with Gasteiger partial charge in [-0.25, -0.2) is 0 Å². The van der Waals surface area contributed by atoms with Crippen molar-refractivity contribution in [1.82, 2.24) is 0 Å². The molecule has 1 rings (SSSR count). The lowest BCUT2D eigenvalue weighted by Crippen LogP contribution is -2.16. The number of phenolic OH excluding ortho intramolecular Hbond substituents is 1. The van der Waals surface area contributed by atoms with E-state index in [2.05, 4.69) is 0 Å². The summed E-state index contributed by atoms with van der Waals surface area (Å²) < 4.78 is 0. The maximum Gasteiger partial charge on any atom is 0.305 e. The Morgan fingerprint density at radius 2 is 2.21 bits per heavy atom. The first-order valence-electron chi connectivity index (χ1n) is 4.28. The summed E-state index contributed by atoms with van der Waals surface area (Å²) in [6.45, 7) is 1.71. The van der Waals surface area contributed by atoms with Crippen LogP contribution in [0.5, 0.6) is 5.75 Å². The topological polar surface area (TPSA) is 83.5 Å². The van der Waals surface area contributed by atoms with Gasteiger partial charge in [-0.2, -0.15) is 0 Å². The molecule has 0 saturated carbocycles. The number of carbonyl (C=O) groups is 1. The van der Waals surface area contributed by atoms with Gasteiger partial charge in [0, 0.05) is 6.04 Å². The smallest absolute Gasteiger partial charge is 0.305 e. The number of rotatable bonds is 3. The molecule has 1 atom stereocenters. The fourth-order valence-corrected chi connectivity index (χ4v) is 1.34. The Morgan fingerprint density at radius 3 is 2.79 bits per heavy atom. The highest BCUT2D eigenvalue weighted by Gasteiger charge is 2.13. The van der Waals surface area contributed by atoms with Crippen LogP contribution in [0.3, 0.4) is 0 Å². The Bertz CT molecular complexity index is 349. The van der Waals surface area contributed by atoms with Crippen LogP contribution in [0.4, 0.5) is 0 Å². The van der Waals surface area contributed by atoms with Crippen LogP contribution in [0.25, 0.3) is 0 Å². The molecule has 0 saturated heterocycles. The Hall–Kier alpha value is -1.55. The van der Waals surface area contributed by atoms with E-state index in [4.69, 9.17) is 10.8 Å². The van der Waals surface area contributed by atoms with Gasteiger partial charge in [0.15, 0.2) is 0 Å². The summed E-state index contributed by atoms with van der Waals surface area (Å²) in [5, 5.41) is 17.9. The number of benzene rings is 1. The van der Waals surface area contributed by atoms with Gasteiger partial charge in [0.2, 0.25) is 0 Å². The Kier molecular flexibility index (Phi) is 3.09. The monoisotopic (exact) mass is 195 g/mol. The predicted octanol–water partition coefficient (Wildman–Crippen LogP) is 1.18. The molecule has 14 heavy (non-hydrogen) atoms. The van der Waals surface area contributed by atoms with E-state index in [1.165, 1.54) is 0 Å². The van der Waals surface area contributed by atoms with E-state index in [1.807, 2.05) is 0 Å². The molecule has 0 aliphatic rings. The number of aromatic hydroxyl groups is 1. The molecule has 4 nitrogen and oxygen atoms in total. The van der Waals surface area contributed by atoms with Crippen LogP contribution in [-0.4, -0.2) is 16.2 Å². The molecule has 0 bridgehead atoms. The fourth-order valence-electron chi connectivity index (χ4n) is 1.34. The number of hydrogen-bond donors (Lipinski definition) is 3. The molecule has 1 aromatic rings. The van der Waals surface area contributed by atoms with Crippen molar-refractivity contribution in [2.24, 2.45) is 5.73 Å². The van der Waals surface area contributed by atoms with Crippen molar-refractivity contribution in [2.45, 2.75) is 19.4 Å². The number of nitrogens with two attached hydrogens (primary N) is 1. The molecule has 0 unspecified atom stereocenters. The van der Waals surface area contributed by atoms with Gasteiger partial charge in [0.1, 0.15) is 5.75 Å². The zero-order chi connectivity index (χ0) is 10.7. The third-order valence-electron chi connectivity index (χ3n) is 2.14. The predicted molar refractivity (Wildman–Crippen MR) is 52.0 cm³/mol. The first-order chi connectivity index (χ1) is 6.52. The molecule has 0 radical (unpaired) electrons. The van der Waals surface area contributed by atoms with Gasteiger partial charge in [-0.05, 0) is 24.1 Å². The molecule has 0 amide bonds. The first-order valence-corrected chi connectivity index (χ1v) is 4.28. The van der Waals surface area contributed by atoms with Crippen LogP contribution in [0, 0.1) is 6.92 Å². The van der Waals surface area contributed by atoms with Gasteiger partial charge >= 0.3 is 5.97 Å². The molecule has 1 aromatic carbocycles. The molecule has 0 aliphatic heterocycles. The van der Waals surface area contributed by atoms with E-state index >= 15 is 0 Å². The normalized spacial score (nSPS) is 12.4. The van der Waals surface area contributed by atoms with Crippen molar-refractivity contribution in [3.63, 3.8) is 0 Å². The third-order valence-corrected chi connectivity index (χ3v) is 2.14. The highest BCUT2D eigenvalue weighted by molar-refractivity contribution is 5.68. The Balaban J connectivity index is 2.95. The molecule has 4 heteroatoms. The Morgan fingerprint density at radius 1 is 1.57 bits per heavy atom. The second kappa shape index (κ2) is 4.11. The highest BCUT2D eigenvalue weighted by Crippen LogP contribution is 2.25. The van der Waals surface area contributed by atoms with Gasteiger partial charge < -0.3 is 15.9 Å². The zero-order valence-electron chi connectivity index (χ0n) is 7.90. The van der Waals surface area contributed by atoms with Crippen LogP contribution in [0.15, 0.2) is 18.2 Å². The second-order valence-corrected chi connectivity index (χ2v) is 3.20. The van der Waals surface area contributed by atoms with Crippen LogP contribution in [0.2, 0.25) is 0 Å². The minimum absolute atomic E-state index is 0.135. The van der Waals surface area contributed by atoms with Gasteiger partial charge in [0.05, 0.1) is 6.42 Å². The van der Waals surface area contributed by atoms with Crippen molar-refractivity contribution in [3.05, 3.63) is 29.3 Å². The van der Waals surface area contributed by atoms with Crippen molar-refractivity contribution in [3.8, 4) is 5.75 Å². The van der Waals surface area contributed by atoms with Crippen molar-refractivity contribution in [2.75, 3.05) is 0 Å². The van der Waals surface area contributed by atoms with Crippen LogP contribution >= 0.6 is 0 Å². The summed E-state index contributed by atoms with van der Waals surface area (Å²) in [7, 11) is 0. The van der Waals surface area contributed by atoms with E-state index in [0.717, 1.165) is 0 Å². The number of phenols is 1. The van der Waals surface area contributed by atoms with Gasteiger partial charge in [-0.15, -0.1) is 0 Å². The molecule has 0 spiro atoms. The lowest BCUT2D eigenvalue weighted by Gasteiger charge is -2.13. The molecule has 0 fully saturated rings. The third kappa shape index (κ3) is 2.23. The minimum atomic E-state index is -0.944. The number of carboxylic acids is 1. The average molecular weight is 195 g/mol. The molecular weight excluding hydrogens is 182 g/mol. The summed E-state index contributed by atoms with van der Waals surface area (Å²) >= 11 is 0. The molecule has 0 heterocycles. The molecule has 4 N–H and O–H groups in total. The van der Waals surface area contributed by atoms with E-state index in [0.29, 0.717) is 11.1 Å². The van der Waals surface area contributed by atoms with Crippen LogP contribution in [-0.2, 0) is 4.79 Å². The largest absolute Gasteiger partial charge is 0.508 e. The highest BCUT2D eigenvalue weighted by atomic mass is 16.4. The quantitative estimate of drug-likeness (QED) is 0.676. The van der Waals surface area contributed by atoms with E-state index in [9.17, 15) is 9.90 Å². The van der Waals surface area contributed by atoms with E-state index in [1.54, 1.807) is 25.1 Å². The second-order valence-electron chi connectivity index (χ2n) is 3.20. The molecule has 0 aliphatic carbocycles. The van der Waals surface area contributed by atoms with Crippen molar-refractivity contribution >= 4 is 5.97 Å². The standard InChI is InChI=1S/C10H13NO3/c1-6-7(3-2-4-9(6)12)8(11)5-10(13)14/h2-4,8,12H,5,11H2,1H3,(H,13,14)/t8-/m0/s1. The average Bonchev–Trinajstić information content (AvgIpc) is 2.08. The first kappa shape index (κ1) is 10.5. The summed E-state index contributed by atoms with van der Waals surface area (Å²) in [5.41, 5.74) is 6.99. The number of aliphatic carboxylic acids is 1. The fraction of sp³-hybridized carbons (Fsp3) is 0.300. The van der Waals surface area contributed by atoms with E-state index < -0.39 is 12.0 Å². The van der Waals surface area contributed by atoms with Crippen LogP contribution in [0.1, 0.15) is 23.6 Å². The number of carboxylic acid groups (broad SMARTS) is 1. The maximum atomic E-state index is 10.4. The van der Waals surface area contributed by atoms with Crippen LogP contribution < -0.4 is 5.73 Å². The SMILES string of the molecule is Cc1c(O)cccc1[C@@H](N)CC(=O)O. The van der Waals surface area contributed by atoms with E-state index in [-0.39, 0.29) is 12.2 Å². The zero-order valence-corrected chi connectivity index (χ0v) is 7.90. The Labute approximate surface area is 82.0 Å². The van der Waals surface area contributed by atoms with Crippen molar-refractivity contribution < 1.29 is 15.0 Å².